The summed E-state index contributed by atoms with van der Waals surface area (Å²) in [4.78, 5) is 11.8. The van der Waals surface area contributed by atoms with Crippen molar-refractivity contribution in [3.8, 4) is 5.75 Å². The van der Waals surface area contributed by atoms with E-state index in [-0.39, 0.29) is 5.78 Å². The molecule has 0 unspecified atom stereocenters. The molecule has 0 heterocycles. The Bertz CT molecular complexity index is 386. The molecule has 0 bridgehead atoms. The van der Waals surface area contributed by atoms with Crippen LogP contribution in [0.2, 0.25) is 0 Å². The van der Waals surface area contributed by atoms with Crippen LogP contribution in [0.4, 0.5) is 5.69 Å². The molecule has 1 rings (SSSR count). The number of nitrogen functional groups attached to an aromatic ring is 1. The van der Waals surface area contributed by atoms with Crippen LogP contribution in [0.25, 0.3) is 0 Å². The third-order valence-corrected chi connectivity index (χ3v) is 2.37. The predicted molar refractivity (Wildman–Crippen MR) is 65.8 cm³/mol. The van der Waals surface area contributed by atoms with Crippen LogP contribution >= 0.6 is 0 Å². The first kappa shape index (κ1) is 12.3. The van der Waals surface area contributed by atoms with Crippen molar-refractivity contribution in [1.82, 2.24) is 0 Å². The molecule has 16 heavy (non-hydrogen) atoms. The zero-order valence-corrected chi connectivity index (χ0v) is 9.53. The van der Waals surface area contributed by atoms with Gasteiger partial charge >= 0.3 is 0 Å². The zero-order chi connectivity index (χ0) is 12.0. The monoisotopic (exact) mass is 219 g/mol. The van der Waals surface area contributed by atoms with Gasteiger partial charge in [-0.15, -0.1) is 6.58 Å². The molecule has 0 aliphatic heterocycles. The summed E-state index contributed by atoms with van der Waals surface area (Å²) < 4.78 is 5.02. The first-order valence-corrected chi connectivity index (χ1v) is 5.26. The molecule has 3 nitrogen and oxygen atoms in total. The van der Waals surface area contributed by atoms with Gasteiger partial charge in [-0.3, -0.25) is 4.79 Å². The summed E-state index contributed by atoms with van der Waals surface area (Å²) in [6, 6.07) is 5.13. The van der Waals surface area contributed by atoms with Crippen molar-refractivity contribution in [1.29, 1.82) is 0 Å². The smallest absolute Gasteiger partial charge is 0.164 e. The van der Waals surface area contributed by atoms with E-state index in [1.807, 2.05) is 6.08 Å². The summed E-state index contributed by atoms with van der Waals surface area (Å²) in [5, 5.41) is 0. The van der Waals surface area contributed by atoms with Crippen LogP contribution in [-0.4, -0.2) is 12.9 Å². The van der Waals surface area contributed by atoms with Crippen LogP contribution in [0.1, 0.15) is 29.6 Å². The lowest BCUT2D eigenvalue weighted by Crippen LogP contribution is -2.03. The number of nitrogens with two attached hydrogens (primary N) is 1. The van der Waals surface area contributed by atoms with Crippen LogP contribution < -0.4 is 10.5 Å². The molecular weight excluding hydrogens is 202 g/mol. The van der Waals surface area contributed by atoms with Crippen molar-refractivity contribution in [2.75, 3.05) is 12.8 Å². The van der Waals surface area contributed by atoms with Crippen molar-refractivity contribution >= 4 is 11.5 Å². The molecule has 0 aliphatic rings. The highest BCUT2D eigenvalue weighted by Gasteiger charge is 2.09. The van der Waals surface area contributed by atoms with Gasteiger partial charge in [0.05, 0.1) is 7.11 Å². The van der Waals surface area contributed by atoms with E-state index >= 15 is 0 Å². The SMILES string of the molecule is C=CCCCC(=O)c1ccc(OC)cc1N. The number of ether oxygens (including phenoxy) is 1. The molecule has 0 radical (unpaired) electrons. The fourth-order valence-corrected chi connectivity index (χ4v) is 1.46. The third kappa shape index (κ3) is 3.12. The zero-order valence-electron chi connectivity index (χ0n) is 9.53. The van der Waals surface area contributed by atoms with Gasteiger partial charge in [0, 0.05) is 23.7 Å². The maximum absolute atomic E-state index is 11.8. The van der Waals surface area contributed by atoms with Crippen LogP contribution in [0.5, 0.6) is 5.75 Å². The van der Waals surface area contributed by atoms with E-state index in [4.69, 9.17) is 10.5 Å². The lowest BCUT2D eigenvalue weighted by Gasteiger charge is -2.06. The Hall–Kier alpha value is -1.77. The van der Waals surface area contributed by atoms with Gasteiger partial charge in [-0.25, -0.2) is 0 Å². The average Bonchev–Trinajstić information content (AvgIpc) is 2.29. The standard InChI is InChI=1S/C13H17NO2/c1-3-4-5-6-13(15)11-8-7-10(16-2)9-12(11)14/h3,7-9H,1,4-6,14H2,2H3. The number of allylic oxidation sites excluding steroid dienone is 1. The average molecular weight is 219 g/mol. The van der Waals surface area contributed by atoms with Gasteiger partial charge in [0.25, 0.3) is 0 Å². The number of unbranched alkanes of at least 4 members (excludes halogenated alkanes) is 1. The van der Waals surface area contributed by atoms with Crippen molar-refractivity contribution in [3.63, 3.8) is 0 Å². The second-order valence-corrected chi connectivity index (χ2v) is 3.56. The summed E-state index contributed by atoms with van der Waals surface area (Å²) in [7, 11) is 1.57. The third-order valence-electron chi connectivity index (χ3n) is 2.37. The number of ketones is 1. The van der Waals surface area contributed by atoms with Gasteiger partial charge in [-0.05, 0) is 25.0 Å². The minimum atomic E-state index is 0.0713. The van der Waals surface area contributed by atoms with Gasteiger partial charge in [0.15, 0.2) is 5.78 Å². The molecular formula is C13H17NO2. The van der Waals surface area contributed by atoms with Gasteiger partial charge in [0.2, 0.25) is 0 Å². The van der Waals surface area contributed by atoms with E-state index < -0.39 is 0 Å². The van der Waals surface area contributed by atoms with Crippen molar-refractivity contribution in [2.45, 2.75) is 19.3 Å². The Labute approximate surface area is 95.9 Å². The molecule has 0 fully saturated rings. The van der Waals surface area contributed by atoms with Crippen molar-refractivity contribution in [3.05, 3.63) is 36.4 Å². The minimum absolute atomic E-state index is 0.0713. The van der Waals surface area contributed by atoms with Crippen LogP contribution in [0.3, 0.4) is 0 Å². The molecule has 0 aromatic heterocycles. The maximum atomic E-state index is 11.8. The molecule has 3 heteroatoms. The second-order valence-electron chi connectivity index (χ2n) is 3.56. The van der Waals surface area contributed by atoms with E-state index in [0.29, 0.717) is 23.4 Å². The quantitative estimate of drug-likeness (QED) is 0.346. The molecule has 0 atom stereocenters. The number of Topliss-reactive ketones (excluding diaryl/α,β-unsaturated/α-hetero) is 1. The minimum Gasteiger partial charge on any atom is -0.497 e. The molecule has 0 saturated carbocycles. The first-order valence-electron chi connectivity index (χ1n) is 5.26. The lowest BCUT2D eigenvalue weighted by atomic mass is 10.0. The number of carbonyl (C=O) groups is 1. The number of anilines is 1. The number of rotatable bonds is 6. The number of hydrogen-bond acceptors (Lipinski definition) is 3. The Kier molecular flexibility index (Phi) is 4.58. The maximum Gasteiger partial charge on any atom is 0.164 e. The highest BCUT2D eigenvalue weighted by atomic mass is 16.5. The second kappa shape index (κ2) is 5.95. The molecule has 86 valence electrons. The summed E-state index contributed by atoms with van der Waals surface area (Å²) in [6.45, 7) is 3.62. The largest absolute Gasteiger partial charge is 0.497 e. The van der Waals surface area contributed by atoms with Crippen LogP contribution in [0.15, 0.2) is 30.9 Å². The number of carbonyl (C=O) groups excluding carboxylic acids is 1. The molecule has 0 spiro atoms. The summed E-state index contributed by atoms with van der Waals surface area (Å²) in [5.74, 6) is 0.738. The van der Waals surface area contributed by atoms with Gasteiger partial charge < -0.3 is 10.5 Å². The highest BCUT2D eigenvalue weighted by molar-refractivity contribution is 6.00. The summed E-state index contributed by atoms with van der Waals surface area (Å²) in [5.41, 5.74) is 6.83. The molecule has 0 aliphatic carbocycles. The van der Waals surface area contributed by atoms with Crippen molar-refractivity contribution in [2.24, 2.45) is 0 Å². The van der Waals surface area contributed by atoms with E-state index in [2.05, 4.69) is 6.58 Å². The lowest BCUT2D eigenvalue weighted by molar-refractivity contribution is 0.0981. The van der Waals surface area contributed by atoms with Crippen LogP contribution in [-0.2, 0) is 0 Å². The van der Waals surface area contributed by atoms with Gasteiger partial charge in [0.1, 0.15) is 5.75 Å². The summed E-state index contributed by atoms with van der Waals surface area (Å²) >= 11 is 0. The highest BCUT2D eigenvalue weighted by Crippen LogP contribution is 2.21. The molecule has 1 aromatic rings. The Morgan fingerprint density at radius 2 is 2.31 bits per heavy atom. The van der Waals surface area contributed by atoms with E-state index in [1.54, 1.807) is 25.3 Å². The van der Waals surface area contributed by atoms with Gasteiger partial charge in [-0.1, -0.05) is 6.08 Å². The Morgan fingerprint density at radius 3 is 2.88 bits per heavy atom. The number of hydrogen-bond donors (Lipinski definition) is 1. The van der Waals surface area contributed by atoms with Crippen molar-refractivity contribution < 1.29 is 9.53 Å². The van der Waals surface area contributed by atoms with Gasteiger partial charge in [-0.2, -0.15) is 0 Å². The summed E-state index contributed by atoms with van der Waals surface area (Å²) in [6.07, 6.45) is 3.98. The Balaban J connectivity index is 2.72. The molecule has 2 N–H and O–H groups in total. The Morgan fingerprint density at radius 1 is 1.56 bits per heavy atom. The fourth-order valence-electron chi connectivity index (χ4n) is 1.46. The van der Waals surface area contributed by atoms with E-state index in [0.717, 1.165) is 12.8 Å². The fraction of sp³-hybridized carbons (Fsp3) is 0.308. The van der Waals surface area contributed by atoms with Crippen LogP contribution in [0, 0.1) is 0 Å². The number of methoxy groups -OCH3 is 1. The van der Waals surface area contributed by atoms with E-state index in [1.165, 1.54) is 0 Å². The number of benzene rings is 1. The van der Waals surface area contributed by atoms with E-state index in [9.17, 15) is 4.79 Å². The first-order chi connectivity index (χ1) is 7.69. The topological polar surface area (TPSA) is 52.3 Å². The normalized spacial score (nSPS) is 9.81. The molecule has 0 saturated heterocycles. The molecule has 0 amide bonds. The predicted octanol–water partition coefficient (Wildman–Crippen LogP) is 2.82. The molecule has 1 aromatic carbocycles.